The van der Waals surface area contributed by atoms with Gasteiger partial charge in [0.15, 0.2) is 10.3 Å². The molecule has 0 atom stereocenters. The zero-order valence-corrected chi connectivity index (χ0v) is 11.5. The van der Waals surface area contributed by atoms with Gasteiger partial charge in [-0.25, -0.2) is 0 Å². The van der Waals surface area contributed by atoms with E-state index < -0.39 is 0 Å². The highest BCUT2D eigenvalue weighted by atomic mass is 32.2. The molecule has 2 aliphatic heterocycles. The molecule has 6 heteroatoms. The van der Waals surface area contributed by atoms with E-state index in [0.717, 1.165) is 36.5 Å². The van der Waals surface area contributed by atoms with E-state index >= 15 is 0 Å². The fraction of sp³-hybridized carbons (Fsp3) is 0.333. The molecule has 0 unspecified atom stereocenters. The zero-order valence-electron chi connectivity index (χ0n) is 9.85. The van der Waals surface area contributed by atoms with Gasteiger partial charge in [-0.15, -0.1) is 0 Å². The van der Waals surface area contributed by atoms with Crippen molar-refractivity contribution >= 4 is 33.9 Å². The van der Waals surface area contributed by atoms with E-state index in [2.05, 4.69) is 44.9 Å². The predicted molar refractivity (Wildman–Crippen MR) is 78.8 cm³/mol. The van der Waals surface area contributed by atoms with Gasteiger partial charge in [0, 0.05) is 22.9 Å². The molecule has 4 nitrogen and oxygen atoms in total. The number of nitrogens with one attached hydrogen (secondary N) is 2. The Hall–Kier alpha value is -1.14. The number of benzene rings is 1. The Bertz CT molecular complexity index is 457. The second kappa shape index (κ2) is 5.67. The summed E-state index contributed by atoms with van der Waals surface area (Å²) in [5, 5.41) is 8.58. The van der Waals surface area contributed by atoms with Crippen LogP contribution in [0.15, 0.2) is 44.0 Å². The first kappa shape index (κ1) is 11.9. The average molecular weight is 278 g/mol. The van der Waals surface area contributed by atoms with Crippen molar-refractivity contribution in [1.82, 2.24) is 10.6 Å². The van der Waals surface area contributed by atoms with Crippen LogP contribution in [0.3, 0.4) is 0 Å². The molecule has 0 radical (unpaired) electrons. The van der Waals surface area contributed by atoms with Crippen molar-refractivity contribution in [3.63, 3.8) is 0 Å². The Morgan fingerprint density at radius 2 is 1.44 bits per heavy atom. The standard InChI is InChI=1S/C12H14N4S2/c1-2-9(17-11-13-4-5-14-11)8-10(3-1)18-12-15-6-7-16-12/h1-3,8H,4-7H2,(H,13,14)(H,15,16). The molecule has 0 spiro atoms. The highest BCUT2D eigenvalue weighted by molar-refractivity contribution is 8.14. The maximum absolute atomic E-state index is 4.39. The first-order chi connectivity index (χ1) is 8.90. The Kier molecular flexibility index (Phi) is 3.75. The Morgan fingerprint density at radius 1 is 0.889 bits per heavy atom. The lowest BCUT2D eigenvalue weighted by Crippen LogP contribution is -2.15. The fourth-order valence-corrected chi connectivity index (χ4v) is 3.56. The van der Waals surface area contributed by atoms with Crippen LogP contribution in [0, 0.1) is 0 Å². The van der Waals surface area contributed by atoms with Gasteiger partial charge in [-0.3, -0.25) is 9.98 Å². The van der Waals surface area contributed by atoms with Crippen molar-refractivity contribution in [1.29, 1.82) is 0 Å². The van der Waals surface area contributed by atoms with Crippen LogP contribution in [0.5, 0.6) is 0 Å². The number of nitrogens with zero attached hydrogens (tertiary/aromatic N) is 2. The lowest BCUT2D eigenvalue weighted by Gasteiger charge is -2.05. The van der Waals surface area contributed by atoms with Gasteiger partial charge in [0.1, 0.15) is 0 Å². The maximum Gasteiger partial charge on any atom is 0.161 e. The molecule has 18 heavy (non-hydrogen) atoms. The normalized spacial score (nSPS) is 18.0. The molecule has 3 rings (SSSR count). The zero-order chi connectivity index (χ0) is 12.2. The minimum atomic E-state index is 0.886. The van der Waals surface area contributed by atoms with Gasteiger partial charge in [-0.2, -0.15) is 0 Å². The monoisotopic (exact) mass is 278 g/mol. The maximum atomic E-state index is 4.39. The van der Waals surface area contributed by atoms with E-state index in [-0.39, 0.29) is 0 Å². The van der Waals surface area contributed by atoms with Gasteiger partial charge >= 0.3 is 0 Å². The van der Waals surface area contributed by atoms with E-state index in [0.29, 0.717) is 0 Å². The summed E-state index contributed by atoms with van der Waals surface area (Å²) in [7, 11) is 0. The Morgan fingerprint density at radius 3 is 1.89 bits per heavy atom. The molecule has 0 saturated heterocycles. The molecule has 0 bridgehead atoms. The lowest BCUT2D eigenvalue weighted by atomic mass is 10.4. The first-order valence-corrected chi connectivity index (χ1v) is 7.56. The third-order valence-electron chi connectivity index (χ3n) is 2.52. The number of aliphatic imine (C=N–C) groups is 2. The third-order valence-corrected chi connectivity index (χ3v) is 4.43. The summed E-state index contributed by atoms with van der Waals surface area (Å²) >= 11 is 3.38. The van der Waals surface area contributed by atoms with Crippen LogP contribution in [0.4, 0.5) is 0 Å². The van der Waals surface area contributed by atoms with Crippen molar-refractivity contribution in [3.05, 3.63) is 24.3 Å². The number of hydrogen-bond donors (Lipinski definition) is 2. The summed E-state index contributed by atoms with van der Waals surface area (Å²) in [6.45, 7) is 3.68. The van der Waals surface area contributed by atoms with Crippen LogP contribution in [-0.2, 0) is 0 Å². The molecule has 94 valence electrons. The van der Waals surface area contributed by atoms with E-state index in [1.807, 2.05) is 0 Å². The summed E-state index contributed by atoms with van der Waals surface area (Å²) in [5.41, 5.74) is 0. The van der Waals surface area contributed by atoms with Crippen LogP contribution in [0.2, 0.25) is 0 Å². The topological polar surface area (TPSA) is 48.8 Å². The highest BCUT2D eigenvalue weighted by Crippen LogP contribution is 2.26. The summed E-state index contributed by atoms with van der Waals surface area (Å²) in [6, 6.07) is 8.48. The molecule has 1 aromatic rings. The summed E-state index contributed by atoms with van der Waals surface area (Å²) < 4.78 is 0. The lowest BCUT2D eigenvalue weighted by molar-refractivity contribution is 0.963. The van der Waals surface area contributed by atoms with Gasteiger partial charge in [-0.1, -0.05) is 29.6 Å². The van der Waals surface area contributed by atoms with Gasteiger partial charge in [0.25, 0.3) is 0 Å². The van der Waals surface area contributed by atoms with Crippen molar-refractivity contribution in [2.45, 2.75) is 9.79 Å². The van der Waals surface area contributed by atoms with Crippen molar-refractivity contribution in [2.75, 3.05) is 26.2 Å². The third kappa shape index (κ3) is 3.00. The molecule has 1 aromatic carbocycles. The van der Waals surface area contributed by atoms with Gasteiger partial charge in [-0.05, 0) is 18.2 Å². The van der Waals surface area contributed by atoms with Crippen LogP contribution >= 0.6 is 23.5 Å². The second-order valence-electron chi connectivity index (χ2n) is 3.91. The van der Waals surface area contributed by atoms with Crippen LogP contribution in [-0.4, -0.2) is 36.5 Å². The molecule has 0 aliphatic carbocycles. The molecule has 0 amide bonds. The number of hydrogen-bond acceptors (Lipinski definition) is 6. The van der Waals surface area contributed by atoms with Crippen molar-refractivity contribution in [2.24, 2.45) is 9.98 Å². The van der Waals surface area contributed by atoms with Gasteiger partial charge < -0.3 is 10.6 Å². The Balaban J connectivity index is 1.68. The molecular formula is C12H14N4S2. The van der Waals surface area contributed by atoms with Gasteiger partial charge in [0.2, 0.25) is 0 Å². The van der Waals surface area contributed by atoms with E-state index in [9.17, 15) is 0 Å². The number of rotatable bonds is 2. The molecule has 2 heterocycles. The molecule has 2 N–H and O–H groups in total. The average Bonchev–Trinajstić information content (AvgIpc) is 3.03. The molecule has 0 saturated carbocycles. The quantitative estimate of drug-likeness (QED) is 0.866. The van der Waals surface area contributed by atoms with Crippen molar-refractivity contribution in [3.8, 4) is 0 Å². The largest absolute Gasteiger partial charge is 0.363 e. The van der Waals surface area contributed by atoms with Crippen LogP contribution in [0.1, 0.15) is 0 Å². The first-order valence-electron chi connectivity index (χ1n) is 5.92. The molecule has 2 aliphatic rings. The molecular weight excluding hydrogens is 264 g/mol. The van der Waals surface area contributed by atoms with Crippen molar-refractivity contribution < 1.29 is 0 Å². The van der Waals surface area contributed by atoms with Gasteiger partial charge in [0.05, 0.1) is 13.1 Å². The summed E-state index contributed by atoms with van der Waals surface area (Å²) in [4.78, 5) is 11.2. The molecule has 0 fully saturated rings. The van der Waals surface area contributed by atoms with Crippen LogP contribution < -0.4 is 10.6 Å². The molecule has 0 aromatic heterocycles. The minimum absolute atomic E-state index is 0.886. The number of amidine groups is 2. The predicted octanol–water partition coefficient (Wildman–Crippen LogP) is 1.79. The second-order valence-corrected chi connectivity index (χ2v) is 6.03. The minimum Gasteiger partial charge on any atom is -0.363 e. The summed E-state index contributed by atoms with van der Waals surface area (Å²) in [5.74, 6) is 0. The SMILES string of the molecule is c1cc(SC2=NCCN2)cc(SC2=NCCN2)c1. The van der Waals surface area contributed by atoms with E-state index in [1.165, 1.54) is 9.79 Å². The fourth-order valence-electron chi connectivity index (χ4n) is 1.71. The van der Waals surface area contributed by atoms with Crippen LogP contribution in [0.25, 0.3) is 0 Å². The smallest absolute Gasteiger partial charge is 0.161 e. The highest BCUT2D eigenvalue weighted by Gasteiger charge is 2.10. The van der Waals surface area contributed by atoms with E-state index in [1.54, 1.807) is 23.5 Å². The Labute approximate surface area is 115 Å². The van der Waals surface area contributed by atoms with E-state index in [4.69, 9.17) is 0 Å². The number of thioether (sulfide) groups is 2. The summed E-state index contributed by atoms with van der Waals surface area (Å²) in [6.07, 6.45) is 0.